The summed E-state index contributed by atoms with van der Waals surface area (Å²) in [5, 5.41) is 0. The standard InChI is InChI=1S/C12H13ClF3N3/c13-6-4-10-18-9-3-1-7-17-11(9)19(10)8-2-5-12(14,15)16/h1,3,7H,2,4-6,8H2. The zero-order valence-electron chi connectivity index (χ0n) is 10.1. The van der Waals surface area contributed by atoms with Gasteiger partial charge in [-0.3, -0.25) is 0 Å². The third-order valence-corrected chi connectivity index (χ3v) is 2.93. The zero-order chi connectivity index (χ0) is 13.9. The lowest BCUT2D eigenvalue weighted by Crippen LogP contribution is -2.11. The number of alkyl halides is 4. The van der Waals surface area contributed by atoms with Crippen LogP contribution in [-0.4, -0.2) is 26.6 Å². The van der Waals surface area contributed by atoms with Crippen molar-refractivity contribution in [3.8, 4) is 0 Å². The molecule has 0 bridgehead atoms. The summed E-state index contributed by atoms with van der Waals surface area (Å²) in [5.41, 5.74) is 1.31. The fourth-order valence-corrected chi connectivity index (χ4v) is 2.12. The molecule has 0 aromatic carbocycles. The lowest BCUT2D eigenvalue weighted by molar-refractivity contribution is -0.135. The average molecular weight is 292 g/mol. The van der Waals surface area contributed by atoms with Gasteiger partial charge in [-0.25, -0.2) is 9.97 Å². The molecule has 2 heterocycles. The molecule has 0 saturated carbocycles. The van der Waals surface area contributed by atoms with E-state index in [9.17, 15) is 13.2 Å². The van der Waals surface area contributed by atoms with E-state index in [1.807, 2.05) is 0 Å². The highest BCUT2D eigenvalue weighted by molar-refractivity contribution is 6.17. The summed E-state index contributed by atoms with van der Waals surface area (Å²) >= 11 is 5.69. The molecule has 19 heavy (non-hydrogen) atoms. The lowest BCUT2D eigenvalue weighted by atomic mass is 10.3. The molecule has 3 nitrogen and oxygen atoms in total. The third kappa shape index (κ3) is 3.59. The van der Waals surface area contributed by atoms with Crippen molar-refractivity contribution in [1.29, 1.82) is 0 Å². The Labute approximate surface area is 113 Å². The molecule has 0 fully saturated rings. The van der Waals surface area contributed by atoms with Gasteiger partial charge in [-0.2, -0.15) is 13.2 Å². The van der Waals surface area contributed by atoms with Gasteiger partial charge in [0.15, 0.2) is 5.65 Å². The fraction of sp³-hybridized carbons (Fsp3) is 0.500. The normalized spacial score (nSPS) is 12.2. The third-order valence-electron chi connectivity index (χ3n) is 2.74. The Kier molecular flexibility index (Phi) is 4.29. The van der Waals surface area contributed by atoms with Crippen LogP contribution in [0.3, 0.4) is 0 Å². The maximum absolute atomic E-state index is 12.2. The summed E-state index contributed by atoms with van der Waals surface area (Å²) < 4.78 is 38.3. The highest BCUT2D eigenvalue weighted by Crippen LogP contribution is 2.23. The molecule has 0 amide bonds. The van der Waals surface area contributed by atoms with Crippen LogP contribution in [-0.2, 0) is 13.0 Å². The van der Waals surface area contributed by atoms with E-state index in [-0.39, 0.29) is 13.0 Å². The molecule has 0 spiro atoms. The van der Waals surface area contributed by atoms with E-state index < -0.39 is 12.6 Å². The van der Waals surface area contributed by atoms with Gasteiger partial charge < -0.3 is 4.57 Å². The van der Waals surface area contributed by atoms with E-state index in [2.05, 4.69) is 9.97 Å². The monoisotopic (exact) mass is 291 g/mol. The highest BCUT2D eigenvalue weighted by Gasteiger charge is 2.26. The van der Waals surface area contributed by atoms with Crippen LogP contribution in [0.4, 0.5) is 13.2 Å². The quantitative estimate of drug-likeness (QED) is 0.789. The van der Waals surface area contributed by atoms with Crippen molar-refractivity contribution in [2.24, 2.45) is 0 Å². The number of aromatic nitrogens is 3. The smallest absolute Gasteiger partial charge is 0.313 e. The van der Waals surface area contributed by atoms with Crippen LogP contribution in [0.2, 0.25) is 0 Å². The summed E-state index contributed by atoms with van der Waals surface area (Å²) in [5.74, 6) is 1.06. The van der Waals surface area contributed by atoms with Gasteiger partial charge in [0, 0.05) is 31.5 Å². The molecule has 7 heteroatoms. The number of halogens is 4. The number of hydrogen-bond donors (Lipinski definition) is 0. The van der Waals surface area contributed by atoms with Crippen LogP contribution in [0.5, 0.6) is 0 Å². The molecule has 0 aliphatic carbocycles. The van der Waals surface area contributed by atoms with Gasteiger partial charge >= 0.3 is 6.18 Å². The van der Waals surface area contributed by atoms with Crippen molar-refractivity contribution >= 4 is 22.8 Å². The molecule has 2 rings (SSSR count). The van der Waals surface area contributed by atoms with Gasteiger partial charge in [0.1, 0.15) is 11.3 Å². The molecule has 0 saturated heterocycles. The number of pyridine rings is 1. The van der Waals surface area contributed by atoms with Crippen LogP contribution in [0, 0.1) is 0 Å². The van der Waals surface area contributed by atoms with Crippen LogP contribution in [0.25, 0.3) is 11.2 Å². The number of rotatable bonds is 5. The summed E-state index contributed by atoms with van der Waals surface area (Å²) in [7, 11) is 0. The number of aryl methyl sites for hydroxylation is 2. The molecular weight excluding hydrogens is 279 g/mol. The van der Waals surface area contributed by atoms with E-state index in [4.69, 9.17) is 11.6 Å². The minimum absolute atomic E-state index is 0.0147. The number of nitrogens with zero attached hydrogens (tertiary/aromatic N) is 3. The lowest BCUT2D eigenvalue weighted by Gasteiger charge is -2.09. The Balaban J connectivity index is 2.21. The van der Waals surface area contributed by atoms with Crippen LogP contribution >= 0.6 is 11.6 Å². The molecule has 0 atom stereocenters. The van der Waals surface area contributed by atoms with Crippen molar-refractivity contribution < 1.29 is 13.2 Å². The second-order valence-corrected chi connectivity index (χ2v) is 4.56. The Bertz CT molecular complexity index is 551. The van der Waals surface area contributed by atoms with E-state index in [0.29, 0.717) is 29.3 Å². The van der Waals surface area contributed by atoms with Crippen molar-refractivity contribution in [2.45, 2.75) is 32.0 Å². The van der Waals surface area contributed by atoms with Gasteiger partial charge in [0.2, 0.25) is 0 Å². The molecule has 0 aliphatic heterocycles. The first-order valence-corrected chi connectivity index (χ1v) is 6.47. The van der Waals surface area contributed by atoms with Crippen molar-refractivity contribution in [3.63, 3.8) is 0 Å². The molecule has 0 aliphatic rings. The molecule has 0 radical (unpaired) electrons. The minimum atomic E-state index is -4.13. The van der Waals surface area contributed by atoms with Crippen LogP contribution in [0.1, 0.15) is 18.7 Å². The Morgan fingerprint density at radius 2 is 2.11 bits per heavy atom. The number of fused-ring (bicyclic) bond motifs is 1. The van der Waals surface area contributed by atoms with E-state index in [0.717, 1.165) is 0 Å². The first-order chi connectivity index (χ1) is 9.01. The van der Waals surface area contributed by atoms with E-state index in [1.165, 1.54) is 0 Å². The topological polar surface area (TPSA) is 30.7 Å². The fourth-order valence-electron chi connectivity index (χ4n) is 1.95. The summed E-state index contributed by atoms with van der Waals surface area (Å²) in [6, 6.07) is 3.54. The summed E-state index contributed by atoms with van der Waals surface area (Å²) in [6.07, 6.45) is -2.80. The maximum atomic E-state index is 12.2. The van der Waals surface area contributed by atoms with Gasteiger partial charge in [-0.1, -0.05) is 0 Å². The average Bonchev–Trinajstić information content (AvgIpc) is 2.67. The van der Waals surface area contributed by atoms with Gasteiger partial charge in [0.25, 0.3) is 0 Å². The Morgan fingerprint density at radius 3 is 2.79 bits per heavy atom. The first-order valence-electron chi connectivity index (χ1n) is 5.94. The van der Waals surface area contributed by atoms with E-state index in [1.54, 1.807) is 22.9 Å². The molecular formula is C12H13ClF3N3. The second kappa shape index (κ2) is 5.77. The van der Waals surface area contributed by atoms with Crippen molar-refractivity contribution in [3.05, 3.63) is 24.2 Å². The Hall–Kier alpha value is -1.30. The van der Waals surface area contributed by atoms with Crippen LogP contribution in [0.15, 0.2) is 18.3 Å². The molecule has 2 aromatic heterocycles. The largest absolute Gasteiger partial charge is 0.389 e. The number of hydrogen-bond acceptors (Lipinski definition) is 2. The Morgan fingerprint density at radius 1 is 1.32 bits per heavy atom. The highest BCUT2D eigenvalue weighted by atomic mass is 35.5. The van der Waals surface area contributed by atoms with Gasteiger partial charge in [0.05, 0.1) is 0 Å². The second-order valence-electron chi connectivity index (χ2n) is 4.18. The van der Waals surface area contributed by atoms with Crippen molar-refractivity contribution in [1.82, 2.24) is 14.5 Å². The zero-order valence-corrected chi connectivity index (χ0v) is 10.9. The molecule has 0 unspecified atom stereocenters. The molecule has 2 aromatic rings. The predicted octanol–water partition coefficient (Wildman–Crippen LogP) is 3.56. The predicted molar refractivity (Wildman–Crippen MR) is 67.2 cm³/mol. The van der Waals surface area contributed by atoms with E-state index >= 15 is 0 Å². The number of imidazole rings is 1. The summed E-state index contributed by atoms with van der Waals surface area (Å²) in [6.45, 7) is 0.249. The SMILES string of the molecule is FC(F)(F)CCCn1c(CCCl)nc2cccnc21. The maximum Gasteiger partial charge on any atom is 0.389 e. The molecule has 0 N–H and O–H groups in total. The van der Waals surface area contributed by atoms with Crippen LogP contribution < -0.4 is 0 Å². The van der Waals surface area contributed by atoms with Gasteiger partial charge in [-0.15, -0.1) is 11.6 Å². The van der Waals surface area contributed by atoms with Gasteiger partial charge in [-0.05, 0) is 18.6 Å². The minimum Gasteiger partial charge on any atom is -0.313 e. The summed E-state index contributed by atoms with van der Waals surface area (Å²) in [4.78, 5) is 8.53. The molecule has 104 valence electrons. The van der Waals surface area contributed by atoms with Crippen molar-refractivity contribution in [2.75, 3.05) is 5.88 Å². The first kappa shape index (κ1) is 14.1.